The number of hydrogen-bond acceptors (Lipinski definition) is 4. The highest BCUT2D eigenvalue weighted by Gasteiger charge is 2.19. The normalized spacial score (nSPS) is 12.9. The van der Waals surface area contributed by atoms with E-state index in [-0.39, 0.29) is 29.7 Å². The first-order chi connectivity index (χ1) is 23.4. The van der Waals surface area contributed by atoms with Crippen molar-refractivity contribution in [2.75, 3.05) is 0 Å². The van der Waals surface area contributed by atoms with Crippen LogP contribution in [0, 0.1) is 0 Å². The van der Waals surface area contributed by atoms with Gasteiger partial charge < -0.3 is 4.42 Å². The maximum absolute atomic E-state index is 8.38. The van der Waals surface area contributed by atoms with Crippen LogP contribution in [0.3, 0.4) is 0 Å². The third kappa shape index (κ3) is 4.55. The lowest BCUT2D eigenvalue weighted by atomic mass is 9.96. The van der Waals surface area contributed by atoms with Gasteiger partial charge in [0.2, 0.25) is 0 Å². The molecule has 8 rings (SSSR count). The average molecular weight is 557 g/mol. The van der Waals surface area contributed by atoms with Crippen molar-refractivity contribution in [2.24, 2.45) is 0 Å². The van der Waals surface area contributed by atoms with E-state index in [0.29, 0.717) is 34.2 Å². The van der Waals surface area contributed by atoms with E-state index in [1.54, 1.807) is 12.1 Å². The van der Waals surface area contributed by atoms with Crippen LogP contribution in [0.4, 0.5) is 0 Å². The van der Waals surface area contributed by atoms with E-state index in [0.717, 1.165) is 38.6 Å². The van der Waals surface area contributed by atoms with Crippen LogP contribution < -0.4 is 0 Å². The summed E-state index contributed by atoms with van der Waals surface area (Å²) in [6.45, 7) is 0. The van der Waals surface area contributed by atoms with Gasteiger partial charge >= 0.3 is 0 Å². The minimum atomic E-state index is -0.409. The number of hydrogen-bond donors (Lipinski definition) is 0. The zero-order valence-electron chi connectivity index (χ0n) is 27.8. The molecule has 4 heteroatoms. The molecule has 0 atom stereocenters. The van der Waals surface area contributed by atoms with E-state index in [2.05, 4.69) is 0 Å². The summed E-state index contributed by atoms with van der Waals surface area (Å²) in [6.07, 6.45) is 0. The van der Waals surface area contributed by atoms with Gasteiger partial charge in [0.05, 0.1) is 12.4 Å². The molecule has 0 fully saturated rings. The van der Waals surface area contributed by atoms with Crippen molar-refractivity contribution in [1.82, 2.24) is 15.0 Å². The Morgan fingerprint density at radius 2 is 1.02 bits per heavy atom. The van der Waals surface area contributed by atoms with Crippen molar-refractivity contribution in [2.45, 2.75) is 0 Å². The average Bonchev–Trinajstić information content (AvgIpc) is 3.53. The molecule has 0 bridgehead atoms. The smallest absolute Gasteiger partial charge is 0.167 e. The number of nitrogens with zero attached hydrogens (tertiary/aromatic N) is 3. The highest BCUT2D eigenvalue weighted by Crippen LogP contribution is 2.40. The van der Waals surface area contributed by atoms with Crippen LogP contribution >= 0.6 is 0 Å². The Morgan fingerprint density at radius 3 is 1.70 bits per heavy atom. The predicted octanol–water partition coefficient (Wildman–Crippen LogP) is 10.1. The van der Waals surface area contributed by atoms with E-state index in [9.17, 15) is 0 Å². The molecule has 0 radical (unpaired) electrons. The van der Waals surface area contributed by atoms with Crippen LogP contribution in [0.1, 0.15) is 6.85 Å². The zero-order valence-corrected chi connectivity index (χ0v) is 22.8. The van der Waals surface area contributed by atoms with Gasteiger partial charge in [-0.3, -0.25) is 0 Å². The van der Waals surface area contributed by atoms with Gasteiger partial charge in [-0.15, -0.1) is 0 Å². The lowest BCUT2D eigenvalue weighted by molar-refractivity contribution is 0.669. The third-order valence-electron chi connectivity index (χ3n) is 7.45. The number of fused-ring (bicyclic) bond motifs is 3. The van der Waals surface area contributed by atoms with Gasteiger partial charge in [-0.1, -0.05) is 139 Å². The third-order valence-corrected chi connectivity index (χ3v) is 7.45. The molecule has 0 N–H and O–H groups in total. The van der Waals surface area contributed by atoms with Crippen LogP contribution in [-0.4, -0.2) is 15.0 Å². The van der Waals surface area contributed by atoms with Gasteiger partial charge in [0.25, 0.3) is 0 Å². The Kier molecular flexibility index (Phi) is 4.91. The minimum Gasteiger partial charge on any atom is -0.455 e. The van der Waals surface area contributed by atoms with E-state index in [1.165, 1.54) is 0 Å². The highest BCUT2D eigenvalue weighted by atomic mass is 16.3. The van der Waals surface area contributed by atoms with E-state index < -0.39 is 6.04 Å². The Hall–Kier alpha value is -5.87. The van der Waals surface area contributed by atoms with Crippen molar-refractivity contribution >= 4 is 21.9 Å². The minimum absolute atomic E-state index is 0.172. The molecule has 43 heavy (non-hydrogen) atoms. The van der Waals surface area contributed by atoms with Crippen molar-refractivity contribution in [3.8, 4) is 56.4 Å². The maximum atomic E-state index is 8.38. The summed E-state index contributed by atoms with van der Waals surface area (Å²) in [6, 6.07) is 37.3. The molecule has 8 aromatic rings. The number of para-hydroxylation sites is 1. The molecule has 0 unspecified atom stereocenters. The lowest BCUT2D eigenvalue weighted by Crippen LogP contribution is -2.00. The molecule has 0 aliphatic carbocycles. The van der Waals surface area contributed by atoms with Crippen molar-refractivity contribution in [1.29, 1.82) is 0 Å². The second-order valence-electron chi connectivity index (χ2n) is 10.1. The topological polar surface area (TPSA) is 51.8 Å². The first-order valence-electron chi connectivity index (χ1n) is 16.4. The molecule has 0 aliphatic heterocycles. The molecular formula is C39H25N3O. The molecule has 0 saturated heterocycles. The molecule has 202 valence electrons. The fraction of sp³-hybridized carbons (Fsp3) is 0. The first-order valence-corrected chi connectivity index (χ1v) is 13.9. The molecular weight excluding hydrogens is 526 g/mol. The van der Waals surface area contributed by atoms with Crippen LogP contribution in [0.5, 0.6) is 0 Å². The standard InChI is InChI=1S/C39H25N3O/c1-4-12-26(13-5-1)27-22-24-28(25-23-27)31-18-11-21-34-35(31)32-19-10-20-33(36(32)43-34)39-41-37(29-14-6-2-7-15-29)40-38(42-39)30-16-8-3-9-17-30/h1-25H/i1D,4D,5D,12D,13D. The van der Waals surface area contributed by atoms with Crippen LogP contribution in [-0.2, 0) is 0 Å². The maximum Gasteiger partial charge on any atom is 0.167 e. The highest BCUT2D eigenvalue weighted by molar-refractivity contribution is 6.15. The fourth-order valence-electron chi connectivity index (χ4n) is 5.40. The lowest BCUT2D eigenvalue weighted by Gasteiger charge is -2.09. The van der Waals surface area contributed by atoms with Crippen LogP contribution in [0.15, 0.2) is 156 Å². The number of aromatic nitrogens is 3. The SMILES string of the molecule is [2H]c1c([2H])c([2H])c(-c2ccc(-c3cccc4oc5c(-c6nc(-c7ccccc7)nc(-c7ccccc7)n6)cccc5c34)cc2)c([2H])c1[2H]. The van der Waals surface area contributed by atoms with Gasteiger partial charge in [0.15, 0.2) is 17.5 Å². The predicted molar refractivity (Wildman–Crippen MR) is 174 cm³/mol. The van der Waals surface area contributed by atoms with Crippen molar-refractivity contribution in [3.63, 3.8) is 0 Å². The second kappa shape index (κ2) is 10.5. The summed E-state index contributed by atoms with van der Waals surface area (Å²) in [4.78, 5) is 14.7. The molecule has 2 aromatic heterocycles. The number of benzene rings is 6. The van der Waals surface area contributed by atoms with E-state index in [4.69, 9.17) is 26.2 Å². The van der Waals surface area contributed by atoms with Gasteiger partial charge in [-0.05, 0) is 34.4 Å². The van der Waals surface area contributed by atoms with Gasteiger partial charge in [-0.2, -0.15) is 0 Å². The van der Waals surface area contributed by atoms with Gasteiger partial charge in [0, 0.05) is 21.9 Å². The number of rotatable bonds is 5. The Balaban J connectivity index is 1.28. The summed E-state index contributed by atoms with van der Waals surface area (Å²) in [5, 5.41) is 1.82. The van der Waals surface area contributed by atoms with Gasteiger partial charge in [-0.25, -0.2) is 15.0 Å². The summed E-state index contributed by atoms with van der Waals surface area (Å²) in [5.41, 5.74) is 6.39. The van der Waals surface area contributed by atoms with Crippen molar-refractivity contribution in [3.05, 3.63) is 152 Å². The summed E-state index contributed by atoms with van der Waals surface area (Å²) < 4.78 is 47.4. The molecule has 6 aromatic carbocycles. The molecule has 2 heterocycles. The Morgan fingerprint density at radius 1 is 0.442 bits per heavy atom. The van der Waals surface area contributed by atoms with E-state index in [1.807, 2.05) is 109 Å². The molecule has 0 saturated carbocycles. The van der Waals surface area contributed by atoms with Crippen LogP contribution in [0.25, 0.3) is 78.4 Å². The monoisotopic (exact) mass is 556 g/mol. The Labute approximate surface area is 256 Å². The molecule has 0 aliphatic rings. The van der Waals surface area contributed by atoms with Gasteiger partial charge in [0.1, 0.15) is 11.2 Å². The largest absolute Gasteiger partial charge is 0.455 e. The first kappa shape index (κ1) is 20.1. The molecule has 0 spiro atoms. The molecule has 0 amide bonds. The summed E-state index contributed by atoms with van der Waals surface area (Å²) in [5.74, 6) is 1.62. The van der Waals surface area contributed by atoms with E-state index >= 15 is 0 Å². The number of furan rings is 1. The van der Waals surface area contributed by atoms with Crippen LogP contribution in [0.2, 0.25) is 0 Å². The second-order valence-corrected chi connectivity index (χ2v) is 10.1. The molecule has 4 nitrogen and oxygen atoms in total. The quantitative estimate of drug-likeness (QED) is 0.212. The fourth-order valence-corrected chi connectivity index (χ4v) is 5.40. The summed E-state index contributed by atoms with van der Waals surface area (Å²) in [7, 11) is 0. The zero-order chi connectivity index (χ0) is 32.9. The Bertz CT molecular complexity index is 2410. The summed E-state index contributed by atoms with van der Waals surface area (Å²) >= 11 is 0. The van der Waals surface area contributed by atoms with Crippen molar-refractivity contribution < 1.29 is 11.3 Å².